The number of amidine groups is 2. The molecule has 1 radical (unpaired) electrons. The quantitative estimate of drug-likeness (QED) is 0.102. The standard InChI is InChI=1S/C39H39BN3O2/c1-38(2,44)39(3,4)45-40-35-25-14-13-24-34(35)33-23-12-11-22-32(33)31-21-15-16-28(26-31)27-42-37(30-19-9-6-10-20-30)43-36(41)29-17-7-5-8-18-29/h5-26,44H,27H2,1-4H3,(H2,41,42,43). The average Bonchev–Trinajstić information content (AvgIpc) is 3.06. The lowest BCUT2D eigenvalue weighted by atomic mass is 9.78. The summed E-state index contributed by atoms with van der Waals surface area (Å²) in [7, 11) is 1.75. The molecule has 3 N–H and O–H groups in total. The van der Waals surface area contributed by atoms with E-state index in [0.29, 0.717) is 18.2 Å². The van der Waals surface area contributed by atoms with E-state index >= 15 is 0 Å². The zero-order valence-corrected chi connectivity index (χ0v) is 26.3. The van der Waals surface area contributed by atoms with Gasteiger partial charge in [-0.25, -0.2) is 4.99 Å². The van der Waals surface area contributed by atoms with E-state index in [2.05, 4.69) is 48.5 Å². The van der Waals surface area contributed by atoms with Crippen molar-refractivity contribution < 1.29 is 9.76 Å². The minimum absolute atomic E-state index is 0.422. The molecule has 0 fully saturated rings. The van der Waals surface area contributed by atoms with E-state index in [4.69, 9.17) is 20.4 Å². The molecule has 0 aromatic heterocycles. The van der Waals surface area contributed by atoms with Gasteiger partial charge in [0.25, 0.3) is 0 Å². The number of benzene rings is 5. The smallest absolute Gasteiger partial charge is 0.331 e. The first-order valence-corrected chi connectivity index (χ1v) is 15.1. The summed E-state index contributed by atoms with van der Waals surface area (Å²) in [6.07, 6.45) is 0. The van der Waals surface area contributed by atoms with Gasteiger partial charge in [0.05, 0.1) is 17.7 Å². The Hall–Kier alpha value is -4.78. The predicted octanol–water partition coefficient (Wildman–Crippen LogP) is 7.18. The fourth-order valence-electron chi connectivity index (χ4n) is 4.74. The zero-order chi connectivity index (χ0) is 31.9. The van der Waals surface area contributed by atoms with Gasteiger partial charge in [0, 0.05) is 11.1 Å². The van der Waals surface area contributed by atoms with E-state index in [1.807, 2.05) is 98.8 Å². The first kappa shape index (κ1) is 31.6. The molecule has 5 aromatic rings. The van der Waals surface area contributed by atoms with Gasteiger partial charge in [0.2, 0.25) is 0 Å². The molecule has 0 atom stereocenters. The van der Waals surface area contributed by atoms with E-state index in [-0.39, 0.29) is 0 Å². The lowest BCUT2D eigenvalue weighted by Crippen LogP contribution is -2.49. The summed E-state index contributed by atoms with van der Waals surface area (Å²) in [6.45, 7) is 7.73. The molecule has 0 aliphatic carbocycles. The Morgan fingerprint density at radius 3 is 1.93 bits per heavy atom. The maximum atomic E-state index is 10.6. The van der Waals surface area contributed by atoms with Gasteiger partial charge in [0.15, 0.2) is 5.84 Å². The van der Waals surface area contributed by atoms with Gasteiger partial charge in [-0.15, -0.1) is 0 Å². The van der Waals surface area contributed by atoms with Gasteiger partial charge in [0.1, 0.15) is 5.84 Å². The van der Waals surface area contributed by atoms with E-state index in [0.717, 1.165) is 44.4 Å². The zero-order valence-electron chi connectivity index (χ0n) is 26.3. The van der Waals surface area contributed by atoms with Crippen LogP contribution < -0.4 is 11.2 Å². The van der Waals surface area contributed by atoms with Crippen LogP contribution in [0.3, 0.4) is 0 Å². The second kappa shape index (κ2) is 13.9. The first-order valence-electron chi connectivity index (χ1n) is 15.1. The third kappa shape index (κ3) is 7.85. The molecule has 225 valence electrons. The van der Waals surface area contributed by atoms with Crippen LogP contribution in [0.1, 0.15) is 44.4 Å². The number of nitrogens with two attached hydrogens (primary N) is 1. The molecule has 5 aromatic carbocycles. The van der Waals surface area contributed by atoms with Crippen LogP contribution in [-0.4, -0.2) is 35.5 Å². The molecule has 0 bridgehead atoms. The van der Waals surface area contributed by atoms with Crippen LogP contribution in [0, 0.1) is 0 Å². The molecule has 5 rings (SSSR count). The Labute approximate surface area is 267 Å². The molecule has 0 aliphatic rings. The van der Waals surface area contributed by atoms with Crippen molar-refractivity contribution in [2.45, 2.75) is 45.4 Å². The third-order valence-electron chi connectivity index (χ3n) is 8.11. The van der Waals surface area contributed by atoms with E-state index < -0.39 is 11.2 Å². The molecule has 45 heavy (non-hydrogen) atoms. The van der Waals surface area contributed by atoms with Gasteiger partial charge >= 0.3 is 7.48 Å². The topological polar surface area (TPSA) is 80.2 Å². The average molecular weight is 593 g/mol. The number of aliphatic hydroxyl groups is 1. The number of hydrogen-bond acceptors (Lipinski definition) is 3. The fourth-order valence-corrected chi connectivity index (χ4v) is 4.74. The maximum absolute atomic E-state index is 10.6. The molecule has 5 nitrogen and oxygen atoms in total. The summed E-state index contributed by atoms with van der Waals surface area (Å²) >= 11 is 0. The lowest BCUT2D eigenvalue weighted by molar-refractivity contribution is -0.0893. The van der Waals surface area contributed by atoms with Crippen molar-refractivity contribution in [1.82, 2.24) is 0 Å². The van der Waals surface area contributed by atoms with Gasteiger partial charge in [-0.05, 0) is 67.0 Å². The van der Waals surface area contributed by atoms with Crippen molar-refractivity contribution in [2.75, 3.05) is 0 Å². The van der Waals surface area contributed by atoms with Crippen LogP contribution in [-0.2, 0) is 11.2 Å². The van der Waals surface area contributed by atoms with Crippen molar-refractivity contribution in [3.63, 3.8) is 0 Å². The number of hydrogen-bond donors (Lipinski definition) is 2. The Morgan fingerprint density at radius 2 is 1.27 bits per heavy atom. The SMILES string of the molecule is CC(C)(O)C(C)(C)O[B]c1ccccc1-c1ccccc1-c1cccc(CN=C(N=C(N)c2ccccc2)c2ccccc2)c1. The van der Waals surface area contributed by atoms with Crippen molar-refractivity contribution in [1.29, 1.82) is 0 Å². The van der Waals surface area contributed by atoms with Crippen LogP contribution in [0.4, 0.5) is 0 Å². The highest BCUT2D eigenvalue weighted by Crippen LogP contribution is 2.32. The minimum Gasteiger partial charge on any atom is -0.427 e. The van der Waals surface area contributed by atoms with Crippen molar-refractivity contribution in [3.05, 3.63) is 150 Å². The third-order valence-corrected chi connectivity index (χ3v) is 8.11. The van der Waals surface area contributed by atoms with E-state index in [1.54, 1.807) is 21.3 Å². The summed E-state index contributed by atoms with van der Waals surface area (Å²) < 4.78 is 6.14. The van der Waals surface area contributed by atoms with E-state index in [1.165, 1.54) is 0 Å². The van der Waals surface area contributed by atoms with E-state index in [9.17, 15) is 5.11 Å². The molecule has 0 saturated heterocycles. The largest absolute Gasteiger partial charge is 0.427 e. The highest BCUT2D eigenvalue weighted by molar-refractivity contribution is 6.49. The van der Waals surface area contributed by atoms with Gasteiger partial charge < -0.3 is 15.5 Å². The number of nitrogens with zero attached hydrogens (tertiary/aromatic N) is 2. The predicted molar refractivity (Wildman–Crippen MR) is 188 cm³/mol. The molecule has 0 heterocycles. The molecule has 0 aliphatic heterocycles. The molecule has 0 amide bonds. The van der Waals surface area contributed by atoms with Crippen LogP contribution in [0.5, 0.6) is 0 Å². The van der Waals surface area contributed by atoms with Crippen molar-refractivity contribution in [2.24, 2.45) is 15.7 Å². The number of rotatable bonds is 10. The fraction of sp³-hybridized carbons (Fsp3) is 0.179. The summed E-state index contributed by atoms with van der Waals surface area (Å²) in [4.78, 5) is 9.67. The van der Waals surface area contributed by atoms with Crippen molar-refractivity contribution in [3.8, 4) is 22.3 Å². The Morgan fingerprint density at radius 1 is 0.689 bits per heavy atom. The minimum atomic E-state index is -1.02. The Bertz CT molecular complexity index is 1790. The summed E-state index contributed by atoms with van der Waals surface area (Å²) in [6, 6.07) is 44.6. The molecule has 0 unspecified atom stereocenters. The monoisotopic (exact) mass is 592 g/mol. The molecular formula is C39H39BN3O2. The maximum Gasteiger partial charge on any atom is 0.331 e. The Kier molecular flexibility index (Phi) is 9.77. The first-order chi connectivity index (χ1) is 21.6. The second-order valence-electron chi connectivity index (χ2n) is 12.0. The lowest BCUT2D eigenvalue weighted by Gasteiger charge is -2.37. The summed E-state index contributed by atoms with van der Waals surface area (Å²) in [5, 5.41) is 10.6. The van der Waals surface area contributed by atoms with Crippen LogP contribution in [0.25, 0.3) is 22.3 Å². The van der Waals surface area contributed by atoms with Gasteiger partial charge in [-0.2, -0.15) is 0 Å². The highest BCUT2D eigenvalue weighted by atomic mass is 16.5. The summed E-state index contributed by atoms with van der Waals surface area (Å²) in [5.74, 6) is 1.01. The number of aliphatic imine (C=N–C) groups is 2. The Balaban J connectivity index is 1.46. The van der Waals surface area contributed by atoms with Crippen LogP contribution >= 0.6 is 0 Å². The van der Waals surface area contributed by atoms with Crippen LogP contribution in [0.2, 0.25) is 0 Å². The highest BCUT2D eigenvalue weighted by Gasteiger charge is 2.36. The van der Waals surface area contributed by atoms with Gasteiger partial charge in [-0.1, -0.05) is 127 Å². The molecule has 6 heteroatoms. The van der Waals surface area contributed by atoms with Gasteiger partial charge in [-0.3, -0.25) is 4.99 Å². The molecule has 0 saturated carbocycles. The normalized spacial score (nSPS) is 12.6. The molecule has 0 spiro atoms. The van der Waals surface area contributed by atoms with Crippen molar-refractivity contribution >= 4 is 24.6 Å². The van der Waals surface area contributed by atoms with Crippen LogP contribution in [0.15, 0.2) is 143 Å². The molecular weight excluding hydrogens is 553 g/mol. The summed E-state index contributed by atoms with van der Waals surface area (Å²) in [5.41, 5.74) is 12.7. The second-order valence-corrected chi connectivity index (χ2v) is 12.0.